The molecule has 0 fully saturated rings. The van der Waals surface area contributed by atoms with Crippen molar-refractivity contribution in [1.29, 1.82) is 0 Å². The molecule has 19 heavy (non-hydrogen) atoms. The van der Waals surface area contributed by atoms with E-state index in [0.29, 0.717) is 10.6 Å². The minimum absolute atomic E-state index is 0.273. The van der Waals surface area contributed by atoms with E-state index < -0.39 is 17.7 Å². The third kappa shape index (κ3) is 3.31. The molecule has 0 amide bonds. The molecular weight excluding hydrogens is 268 g/mol. The van der Waals surface area contributed by atoms with Crippen molar-refractivity contribution < 1.29 is 8.78 Å². The van der Waals surface area contributed by atoms with Crippen LogP contribution in [0.2, 0.25) is 5.02 Å². The monoisotopic (exact) mass is 281 g/mol. The summed E-state index contributed by atoms with van der Waals surface area (Å²) >= 11 is 6.12. The Hall–Kier alpha value is -1.45. The highest BCUT2D eigenvalue weighted by Crippen LogP contribution is 2.26. The topological polar surface area (TPSA) is 26.0 Å². The average molecular weight is 282 g/mol. The minimum atomic E-state index is -0.594. The number of benzene rings is 2. The van der Waals surface area contributed by atoms with Crippen LogP contribution in [0.1, 0.15) is 22.7 Å². The Kier molecular flexibility index (Phi) is 4.17. The number of hydrogen-bond acceptors (Lipinski definition) is 1. The molecule has 0 bridgehead atoms. The molecule has 2 aromatic rings. The van der Waals surface area contributed by atoms with Gasteiger partial charge in [-0.1, -0.05) is 29.8 Å². The summed E-state index contributed by atoms with van der Waals surface area (Å²) in [6.07, 6.45) is 0.273. The number of hydrogen-bond donors (Lipinski definition) is 1. The summed E-state index contributed by atoms with van der Waals surface area (Å²) in [5.74, 6) is -1.18. The van der Waals surface area contributed by atoms with Gasteiger partial charge in [-0.05, 0) is 42.2 Å². The maximum Gasteiger partial charge on any atom is 0.129 e. The van der Waals surface area contributed by atoms with Crippen LogP contribution >= 0.6 is 11.6 Å². The molecule has 0 aromatic heterocycles. The number of nitrogens with two attached hydrogens (primary N) is 1. The van der Waals surface area contributed by atoms with E-state index in [1.54, 1.807) is 0 Å². The fraction of sp³-hybridized carbons (Fsp3) is 0.200. The molecule has 0 saturated carbocycles. The van der Waals surface area contributed by atoms with Gasteiger partial charge < -0.3 is 5.73 Å². The van der Waals surface area contributed by atoms with E-state index >= 15 is 0 Å². The van der Waals surface area contributed by atoms with Crippen LogP contribution in [-0.2, 0) is 6.42 Å². The maximum atomic E-state index is 13.6. The second-order valence-corrected chi connectivity index (χ2v) is 4.98. The second-order valence-electron chi connectivity index (χ2n) is 4.57. The van der Waals surface area contributed by atoms with Crippen LogP contribution in [0.15, 0.2) is 36.4 Å². The van der Waals surface area contributed by atoms with E-state index in [1.165, 1.54) is 12.1 Å². The Bertz CT molecular complexity index is 599. The van der Waals surface area contributed by atoms with Crippen molar-refractivity contribution in [3.63, 3.8) is 0 Å². The lowest BCUT2D eigenvalue weighted by Gasteiger charge is -2.15. The van der Waals surface area contributed by atoms with Crippen molar-refractivity contribution >= 4 is 11.6 Å². The summed E-state index contributed by atoms with van der Waals surface area (Å²) in [7, 11) is 0. The first-order chi connectivity index (χ1) is 8.97. The third-order valence-electron chi connectivity index (χ3n) is 3.01. The van der Waals surface area contributed by atoms with Gasteiger partial charge in [0.1, 0.15) is 11.6 Å². The van der Waals surface area contributed by atoms with E-state index in [1.807, 2.05) is 25.1 Å². The van der Waals surface area contributed by atoms with Crippen LogP contribution in [0.3, 0.4) is 0 Å². The van der Waals surface area contributed by atoms with Crippen molar-refractivity contribution in [2.45, 2.75) is 19.4 Å². The molecule has 1 unspecified atom stereocenters. The molecule has 0 aliphatic rings. The molecule has 1 nitrogen and oxygen atoms in total. The van der Waals surface area contributed by atoms with E-state index in [2.05, 4.69) is 0 Å². The van der Waals surface area contributed by atoms with Crippen LogP contribution in [0.25, 0.3) is 0 Å². The van der Waals surface area contributed by atoms with Crippen molar-refractivity contribution in [3.05, 3.63) is 69.7 Å². The van der Waals surface area contributed by atoms with Gasteiger partial charge in [-0.2, -0.15) is 0 Å². The van der Waals surface area contributed by atoms with Gasteiger partial charge >= 0.3 is 0 Å². The predicted octanol–water partition coefficient (Wildman–Crippen LogP) is 4.17. The van der Waals surface area contributed by atoms with Gasteiger partial charge in [0.2, 0.25) is 0 Å². The quantitative estimate of drug-likeness (QED) is 0.898. The zero-order chi connectivity index (χ0) is 14.0. The van der Waals surface area contributed by atoms with Crippen molar-refractivity contribution in [1.82, 2.24) is 0 Å². The van der Waals surface area contributed by atoms with Gasteiger partial charge in [-0.3, -0.25) is 0 Å². The largest absolute Gasteiger partial charge is 0.324 e. The molecule has 100 valence electrons. The number of halogens is 3. The minimum Gasteiger partial charge on any atom is -0.324 e. The summed E-state index contributed by atoms with van der Waals surface area (Å²) in [5, 5.41) is 0.565. The lowest BCUT2D eigenvalue weighted by molar-refractivity contribution is 0.563. The average Bonchev–Trinajstić information content (AvgIpc) is 2.32. The second kappa shape index (κ2) is 5.68. The maximum absolute atomic E-state index is 13.6. The SMILES string of the molecule is Cc1ccc(C(N)Cc2ccc(F)cc2F)c(Cl)c1. The van der Waals surface area contributed by atoms with Crippen LogP contribution in [0.5, 0.6) is 0 Å². The Balaban J connectivity index is 2.23. The lowest BCUT2D eigenvalue weighted by atomic mass is 9.98. The van der Waals surface area contributed by atoms with Crippen LogP contribution < -0.4 is 5.73 Å². The Morgan fingerprint density at radius 1 is 1.16 bits per heavy atom. The van der Waals surface area contributed by atoms with Gasteiger partial charge in [0.15, 0.2) is 0 Å². The van der Waals surface area contributed by atoms with Gasteiger partial charge in [0.05, 0.1) is 0 Å². The summed E-state index contributed by atoms with van der Waals surface area (Å²) in [6, 6.07) is 8.63. The first kappa shape index (κ1) is 14.0. The molecule has 2 aromatic carbocycles. The zero-order valence-corrected chi connectivity index (χ0v) is 11.2. The van der Waals surface area contributed by atoms with Crippen molar-refractivity contribution in [3.8, 4) is 0 Å². The first-order valence-electron chi connectivity index (χ1n) is 5.93. The van der Waals surface area contributed by atoms with Gasteiger partial charge in [-0.15, -0.1) is 0 Å². The first-order valence-corrected chi connectivity index (χ1v) is 6.30. The molecule has 0 aliphatic heterocycles. The molecular formula is C15H14ClF2N. The summed E-state index contributed by atoms with van der Waals surface area (Å²) in [5.41, 5.74) is 8.22. The van der Waals surface area contributed by atoms with Crippen molar-refractivity contribution in [2.75, 3.05) is 0 Å². The molecule has 0 saturated heterocycles. The molecule has 0 radical (unpaired) electrons. The van der Waals surface area contributed by atoms with Crippen LogP contribution in [0, 0.1) is 18.6 Å². The molecule has 1 atom stereocenters. The van der Waals surface area contributed by atoms with Crippen LogP contribution in [0.4, 0.5) is 8.78 Å². The molecule has 0 heterocycles. The summed E-state index contributed by atoms with van der Waals surface area (Å²) in [6.45, 7) is 1.93. The highest BCUT2D eigenvalue weighted by molar-refractivity contribution is 6.31. The summed E-state index contributed by atoms with van der Waals surface area (Å²) in [4.78, 5) is 0. The van der Waals surface area contributed by atoms with Gasteiger partial charge in [-0.25, -0.2) is 8.78 Å². The molecule has 0 spiro atoms. The van der Waals surface area contributed by atoms with E-state index in [-0.39, 0.29) is 6.42 Å². The molecule has 4 heteroatoms. The fourth-order valence-corrected chi connectivity index (χ4v) is 2.34. The third-order valence-corrected chi connectivity index (χ3v) is 3.34. The van der Waals surface area contributed by atoms with Crippen LogP contribution in [-0.4, -0.2) is 0 Å². The molecule has 0 aliphatic carbocycles. The van der Waals surface area contributed by atoms with E-state index in [4.69, 9.17) is 17.3 Å². The Morgan fingerprint density at radius 2 is 1.89 bits per heavy atom. The normalized spacial score (nSPS) is 12.5. The standard InChI is InChI=1S/C15H14ClF2N/c1-9-2-5-12(13(16)6-9)15(19)7-10-3-4-11(17)8-14(10)18/h2-6,8,15H,7,19H2,1H3. The Labute approximate surface area is 116 Å². The number of aryl methyl sites for hydroxylation is 1. The lowest BCUT2D eigenvalue weighted by Crippen LogP contribution is -2.14. The fourth-order valence-electron chi connectivity index (χ4n) is 1.97. The Morgan fingerprint density at radius 3 is 2.53 bits per heavy atom. The smallest absolute Gasteiger partial charge is 0.129 e. The highest BCUT2D eigenvalue weighted by Gasteiger charge is 2.13. The van der Waals surface area contributed by atoms with E-state index in [0.717, 1.165) is 17.2 Å². The highest BCUT2D eigenvalue weighted by atomic mass is 35.5. The summed E-state index contributed by atoms with van der Waals surface area (Å²) < 4.78 is 26.4. The molecule has 2 rings (SSSR count). The van der Waals surface area contributed by atoms with E-state index in [9.17, 15) is 8.78 Å². The molecule has 2 N–H and O–H groups in total. The number of rotatable bonds is 3. The predicted molar refractivity (Wildman–Crippen MR) is 73.2 cm³/mol. The van der Waals surface area contributed by atoms with Crippen molar-refractivity contribution in [2.24, 2.45) is 5.73 Å². The van der Waals surface area contributed by atoms with Gasteiger partial charge in [0, 0.05) is 17.1 Å². The zero-order valence-electron chi connectivity index (χ0n) is 10.5. The van der Waals surface area contributed by atoms with Gasteiger partial charge in [0.25, 0.3) is 0 Å².